The minimum atomic E-state index is -0.695. The summed E-state index contributed by atoms with van der Waals surface area (Å²) in [6.45, 7) is 0.808. The Morgan fingerprint density at radius 2 is 1.79 bits per heavy atom. The fourth-order valence-corrected chi connectivity index (χ4v) is 3.42. The number of ether oxygens (including phenoxy) is 1. The van der Waals surface area contributed by atoms with Gasteiger partial charge in [0.25, 0.3) is 0 Å². The van der Waals surface area contributed by atoms with Crippen LogP contribution in [0.25, 0.3) is 0 Å². The van der Waals surface area contributed by atoms with Gasteiger partial charge in [0.1, 0.15) is 11.5 Å². The average molecular weight is 497 g/mol. The minimum absolute atomic E-state index is 0.119. The van der Waals surface area contributed by atoms with E-state index in [1.54, 1.807) is 24.3 Å². The molecule has 1 fully saturated rings. The Balaban J connectivity index is 1.36. The van der Waals surface area contributed by atoms with E-state index >= 15 is 0 Å². The van der Waals surface area contributed by atoms with Crippen LogP contribution in [0.1, 0.15) is 22.8 Å². The molecule has 1 aliphatic rings. The zero-order chi connectivity index (χ0) is 20.1. The topological polar surface area (TPSA) is 60.7 Å². The first-order valence-corrected chi connectivity index (χ1v) is 10.2. The van der Waals surface area contributed by atoms with Crippen molar-refractivity contribution in [2.75, 3.05) is 6.61 Å². The number of nitriles is 1. The molecule has 1 unspecified atom stereocenters. The molecule has 144 valence electrons. The molecule has 1 heterocycles. The van der Waals surface area contributed by atoms with Gasteiger partial charge in [0, 0.05) is 3.57 Å². The number of rotatable bonds is 6. The van der Waals surface area contributed by atoms with Crippen molar-refractivity contribution in [3.8, 4) is 17.6 Å². The van der Waals surface area contributed by atoms with Crippen LogP contribution in [-0.4, -0.2) is 13.9 Å². The van der Waals surface area contributed by atoms with Crippen LogP contribution in [0, 0.1) is 14.9 Å². The molecule has 0 radical (unpaired) electrons. The Labute approximate surface area is 183 Å². The Hall–Kier alpha value is -2.38. The molecule has 1 aliphatic heterocycles. The van der Waals surface area contributed by atoms with Gasteiger partial charge in [-0.3, -0.25) is 0 Å². The Bertz CT molecular complexity index is 1010. The standard InChI is InChI=1S/C22H17BINO4/c24-21-11-10-20(28-19-8-6-16(13-25)7-9-19)12-18(21)14-26-23-27-15-22(29-23)17-4-2-1-3-5-17/h1-12,22H,14-15H2. The molecule has 0 saturated carbocycles. The second-order valence-electron chi connectivity index (χ2n) is 6.46. The SMILES string of the molecule is N#Cc1ccc(Oc2ccc(I)c(COB3OCC(c4ccccc4)O3)c2)cc1. The number of nitrogens with zero attached hydrogens (tertiary/aromatic N) is 1. The van der Waals surface area contributed by atoms with E-state index in [0.717, 1.165) is 14.7 Å². The maximum absolute atomic E-state index is 8.89. The number of hydrogen-bond acceptors (Lipinski definition) is 5. The molecule has 7 heteroatoms. The van der Waals surface area contributed by atoms with Crippen molar-refractivity contribution in [1.82, 2.24) is 0 Å². The van der Waals surface area contributed by atoms with Crippen LogP contribution in [0.2, 0.25) is 0 Å². The molecule has 0 spiro atoms. The summed E-state index contributed by atoms with van der Waals surface area (Å²) < 4.78 is 24.2. The van der Waals surface area contributed by atoms with E-state index in [1.807, 2.05) is 48.5 Å². The van der Waals surface area contributed by atoms with Gasteiger partial charge < -0.3 is 18.7 Å². The van der Waals surface area contributed by atoms with Crippen LogP contribution in [0.3, 0.4) is 0 Å². The van der Waals surface area contributed by atoms with Crippen molar-refractivity contribution in [3.63, 3.8) is 0 Å². The molecule has 5 nitrogen and oxygen atoms in total. The second kappa shape index (κ2) is 9.42. The quantitative estimate of drug-likeness (QED) is 0.345. The summed E-state index contributed by atoms with van der Waals surface area (Å²) in [7, 11) is -0.695. The van der Waals surface area contributed by atoms with Gasteiger partial charge in [-0.15, -0.1) is 0 Å². The van der Waals surface area contributed by atoms with Gasteiger partial charge in [-0.05, 0) is 76.2 Å². The Morgan fingerprint density at radius 3 is 2.55 bits per heavy atom. The number of benzene rings is 3. The summed E-state index contributed by atoms with van der Waals surface area (Å²) in [6.07, 6.45) is -0.119. The summed E-state index contributed by atoms with van der Waals surface area (Å²) >= 11 is 2.26. The molecule has 0 aromatic heterocycles. The third kappa shape index (κ3) is 5.16. The van der Waals surface area contributed by atoms with Crippen molar-refractivity contribution in [2.24, 2.45) is 0 Å². The maximum Gasteiger partial charge on any atom is 0.640 e. The van der Waals surface area contributed by atoms with Crippen molar-refractivity contribution in [2.45, 2.75) is 12.7 Å². The summed E-state index contributed by atoms with van der Waals surface area (Å²) in [5, 5.41) is 8.89. The molecule has 4 rings (SSSR count). The highest BCUT2D eigenvalue weighted by atomic mass is 127. The fourth-order valence-electron chi connectivity index (χ4n) is 2.93. The van der Waals surface area contributed by atoms with Gasteiger partial charge >= 0.3 is 7.32 Å². The largest absolute Gasteiger partial charge is 0.640 e. The summed E-state index contributed by atoms with van der Waals surface area (Å²) in [4.78, 5) is 0. The lowest BCUT2D eigenvalue weighted by atomic mass is 10.1. The molecule has 0 aliphatic carbocycles. The first kappa shape index (κ1) is 19.9. The van der Waals surface area contributed by atoms with Crippen LogP contribution >= 0.6 is 22.6 Å². The van der Waals surface area contributed by atoms with Crippen LogP contribution in [0.15, 0.2) is 72.8 Å². The second-order valence-corrected chi connectivity index (χ2v) is 7.62. The highest BCUT2D eigenvalue weighted by Crippen LogP contribution is 2.28. The lowest BCUT2D eigenvalue weighted by molar-refractivity contribution is 0.153. The zero-order valence-electron chi connectivity index (χ0n) is 15.5. The monoisotopic (exact) mass is 497 g/mol. The summed E-state index contributed by atoms with van der Waals surface area (Å²) in [5.41, 5.74) is 2.65. The molecule has 1 atom stereocenters. The van der Waals surface area contributed by atoms with Crippen molar-refractivity contribution in [1.29, 1.82) is 5.26 Å². The Morgan fingerprint density at radius 1 is 1.03 bits per heavy atom. The van der Waals surface area contributed by atoms with E-state index in [1.165, 1.54) is 0 Å². The molecule has 3 aromatic rings. The van der Waals surface area contributed by atoms with E-state index in [9.17, 15) is 0 Å². The number of halogens is 1. The predicted molar refractivity (Wildman–Crippen MR) is 117 cm³/mol. The highest BCUT2D eigenvalue weighted by Gasteiger charge is 2.34. The molecular weight excluding hydrogens is 480 g/mol. The van der Waals surface area contributed by atoms with Crippen LogP contribution in [0.4, 0.5) is 0 Å². The highest BCUT2D eigenvalue weighted by molar-refractivity contribution is 14.1. The van der Waals surface area contributed by atoms with Crippen LogP contribution < -0.4 is 4.74 Å². The van der Waals surface area contributed by atoms with Gasteiger partial charge in [-0.2, -0.15) is 5.26 Å². The minimum Gasteiger partial charge on any atom is -0.457 e. The summed E-state index contributed by atoms with van der Waals surface area (Å²) in [5.74, 6) is 1.37. The van der Waals surface area contributed by atoms with Crippen LogP contribution in [-0.2, 0) is 20.6 Å². The van der Waals surface area contributed by atoms with E-state index in [4.69, 9.17) is 24.0 Å². The third-order valence-electron chi connectivity index (χ3n) is 4.44. The first-order valence-electron chi connectivity index (χ1n) is 9.11. The van der Waals surface area contributed by atoms with Gasteiger partial charge in [0.15, 0.2) is 0 Å². The van der Waals surface area contributed by atoms with E-state index in [0.29, 0.717) is 30.3 Å². The van der Waals surface area contributed by atoms with Crippen molar-refractivity contribution >= 4 is 29.9 Å². The third-order valence-corrected chi connectivity index (χ3v) is 5.49. The summed E-state index contributed by atoms with van der Waals surface area (Å²) in [6, 6.07) is 24.9. The average Bonchev–Trinajstić information content (AvgIpc) is 3.24. The predicted octanol–water partition coefficient (Wildman–Crippen LogP) is 5.24. The number of hydrogen-bond donors (Lipinski definition) is 0. The fraction of sp³-hybridized carbons (Fsp3) is 0.136. The Kier molecular flexibility index (Phi) is 6.47. The van der Waals surface area contributed by atoms with Gasteiger partial charge in [-0.1, -0.05) is 30.3 Å². The molecule has 0 amide bonds. The molecule has 1 saturated heterocycles. The first-order chi connectivity index (χ1) is 14.2. The molecular formula is C22H17BINO4. The smallest absolute Gasteiger partial charge is 0.457 e. The molecule has 0 N–H and O–H groups in total. The zero-order valence-corrected chi connectivity index (χ0v) is 17.6. The van der Waals surface area contributed by atoms with E-state index in [-0.39, 0.29) is 6.10 Å². The molecule has 3 aromatic carbocycles. The molecule has 29 heavy (non-hydrogen) atoms. The lowest BCUT2D eigenvalue weighted by Crippen LogP contribution is -2.20. The van der Waals surface area contributed by atoms with Crippen molar-refractivity contribution < 1.29 is 18.7 Å². The van der Waals surface area contributed by atoms with Gasteiger partial charge in [0.05, 0.1) is 31.0 Å². The van der Waals surface area contributed by atoms with Crippen molar-refractivity contribution in [3.05, 3.63) is 93.1 Å². The van der Waals surface area contributed by atoms with Crippen LogP contribution in [0.5, 0.6) is 11.5 Å². The van der Waals surface area contributed by atoms with Gasteiger partial charge in [-0.25, -0.2) is 0 Å². The van der Waals surface area contributed by atoms with E-state index in [2.05, 4.69) is 28.7 Å². The van der Waals surface area contributed by atoms with E-state index < -0.39 is 7.32 Å². The lowest BCUT2D eigenvalue weighted by Gasteiger charge is -2.12. The molecule has 0 bridgehead atoms. The van der Waals surface area contributed by atoms with Gasteiger partial charge in [0.2, 0.25) is 0 Å². The maximum atomic E-state index is 8.89. The normalized spacial score (nSPS) is 15.9.